The number of hydrogen-bond acceptors (Lipinski definition) is 2. The van der Waals surface area contributed by atoms with Crippen LogP contribution in [0.5, 0.6) is 0 Å². The van der Waals surface area contributed by atoms with E-state index >= 15 is 0 Å². The zero-order valence-corrected chi connectivity index (χ0v) is 11.8. The molecule has 4 heteroatoms. The Morgan fingerprint density at radius 2 is 1.73 bits per heavy atom. The van der Waals surface area contributed by atoms with Gasteiger partial charge in [-0.25, -0.2) is 4.79 Å². The Morgan fingerprint density at radius 3 is 2.45 bits per heavy atom. The first kappa shape index (κ1) is 12.0. The van der Waals surface area contributed by atoms with Crippen molar-refractivity contribution < 1.29 is 9.59 Å². The van der Waals surface area contributed by atoms with Crippen molar-refractivity contribution in [3.8, 4) is 11.1 Å². The molecule has 1 aliphatic heterocycles. The summed E-state index contributed by atoms with van der Waals surface area (Å²) >= 11 is 0. The predicted molar refractivity (Wildman–Crippen MR) is 81.3 cm³/mol. The Bertz CT molecular complexity index is 854. The second kappa shape index (κ2) is 3.77. The van der Waals surface area contributed by atoms with Crippen LogP contribution in [0.15, 0.2) is 42.5 Å². The van der Waals surface area contributed by atoms with Crippen LogP contribution >= 0.6 is 0 Å². The lowest BCUT2D eigenvalue weighted by Gasteiger charge is -2.23. The molecule has 1 spiro atoms. The first-order valence-electron chi connectivity index (χ1n) is 7.58. The molecule has 2 N–H and O–H groups in total. The standard InChI is InChI=1S/C18H14N2O2/c21-16-18(20-17(22)19-16)14-4-2-1-3-12(14)13-8-7-11(9-15(13)18)10-5-6-10/h1-4,7-10H,5-6H2,(H2,19,20,21,22)/t18-/m1/s1. The highest BCUT2D eigenvalue weighted by Gasteiger charge is 2.54. The van der Waals surface area contributed by atoms with Crippen molar-refractivity contribution in [2.75, 3.05) is 0 Å². The van der Waals surface area contributed by atoms with E-state index in [1.165, 1.54) is 18.4 Å². The number of hydrogen-bond donors (Lipinski definition) is 2. The van der Waals surface area contributed by atoms with Crippen LogP contribution < -0.4 is 10.6 Å². The van der Waals surface area contributed by atoms with E-state index in [9.17, 15) is 9.59 Å². The lowest BCUT2D eigenvalue weighted by Crippen LogP contribution is -2.43. The summed E-state index contributed by atoms with van der Waals surface area (Å²) in [5, 5.41) is 5.29. The third kappa shape index (κ3) is 1.32. The third-order valence-electron chi connectivity index (χ3n) is 4.99. The van der Waals surface area contributed by atoms with Gasteiger partial charge in [-0.3, -0.25) is 10.1 Å². The zero-order chi connectivity index (χ0) is 14.9. The molecule has 108 valence electrons. The summed E-state index contributed by atoms with van der Waals surface area (Å²) in [6, 6.07) is 13.7. The van der Waals surface area contributed by atoms with Crippen LogP contribution in [-0.2, 0) is 10.3 Å². The molecular formula is C18H14N2O2. The number of nitrogens with one attached hydrogen (secondary N) is 2. The molecule has 4 nitrogen and oxygen atoms in total. The smallest absolute Gasteiger partial charge is 0.316 e. The Hall–Kier alpha value is -2.62. The average Bonchev–Trinajstić information content (AvgIpc) is 3.28. The molecule has 1 heterocycles. The van der Waals surface area contributed by atoms with Crippen molar-refractivity contribution in [3.63, 3.8) is 0 Å². The van der Waals surface area contributed by atoms with Gasteiger partial charge in [-0.05, 0) is 46.6 Å². The number of amides is 3. The highest BCUT2D eigenvalue weighted by Crippen LogP contribution is 2.51. The monoisotopic (exact) mass is 290 g/mol. The van der Waals surface area contributed by atoms with Crippen molar-refractivity contribution in [1.82, 2.24) is 10.6 Å². The third-order valence-corrected chi connectivity index (χ3v) is 4.99. The molecule has 0 aromatic heterocycles. The van der Waals surface area contributed by atoms with Gasteiger partial charge in [0.15, 0.2) is 5.54 Å². The summed E-state index contributed by atoms with van der Waals surface area (Å²) in [6.07, 6.45) is 2.41. The van der Waals surface area contributed by atoms with Crippen molar-refractivity contribution in [2.45, 2.75) is 24.3 Å². The Morgan fingerprint density at radius 1 is 0.955 bits per heavy atom. The van der Waals surface area contributed by atoms with Crippen molar-refractivity contribution in [1.29, 1.82) is 0 Å². The maximum atomic E-state index is 12.6. The van der Waals surface area contributed by atoms with E-state index in [0.717, 1.165) is 22.3 Å². The summed E-state index contributed by atoms with van der Waals surface area (Å²) in [5.74, 6) is 0.322. The van der Waals surface area contributed by atoms with E-state index in [-0.39, 0.29) is 5.91 Å². The highest BCUT2D eigenvalue weighted by atomic mass is 16.2. The Labute approximate surface area is 127 Å². The van der Waals surface area contributed by atoms with Gasteiger partial charge in [0.05, 0.1) is 0 Å². The van der Waals surface area contributed by atoms with Crippen LogP contribution in [0.2, 0.25) is 0 Å². The number of imide groups is 1. The summed E-state index contributed by atoms with van der Waals surface area (Å²) in [6.45, 7) is 0. The topological polar surface area (TPSA) is 58.2 Å². The fraction of sp³-hybridized carbons (Fsp3) is 0.222. The van der Waals surface area contributed by atoms with Crippen molar-refractivity contribution >= 4 is 11.9 Å². The van der Waals surface area contributed by atoms with Crippen LogP contribution in [0.3, 0.4) is 0 Å². The molecule has 5 rings (SSSR count). The molecule has 3 amide bonds. The number of fused-ring (bicyclic) bond motifs is 5. The predicted octanol–water partition coefficient (Wildman–Crippen LogP) is 2.63. The van der Waals surface area contributed by atoms with Gasteiger partial charge in [-0.2, -0.15) is 0 Å². The van der Waals surface area contributed by atoms with Gasteiger partial charge < -0.3 is 5.32 Å². The van der Waals surface area contributed by atoms with Crippen LogP contribution in [0.25, 0.3) is 11.1 Å². The van der Waals surface area contributed by atoms with Crippen LogP contribution in [0.1, 0.15) is 35.4 Å². The van der Waals surface area contributed by atoms with Gasteiger partial charge in [0.1, 0.15) is 0 Å². The van der Waals surface area contributed by atoms with Gasteiger partial charge >= 0.3 is 6.03 Å². The van der Waals surface area contributed by atoms with E-state index in [1.807, 2.05) is 24.3 Å². The molecule has 2 aromatic carbocycles. The second-order valence-electron chi connectivity index (χ2n) is 6.28. The Balaban J connectivity index is 1.83. The maximum absolute atomic E-state index is 12.6. The number of carbonyl (C=O) groups is 2. The summed E-state index contributed by atoms with van der Waals surface area (Å²) in [4.78, 5) is 24.5. The Kier molecular flexibility index (Phi) is 2.05. The quantitative estimate of drug-likeness (QED) is 0.793. The van der Waals surface area contributed by atoms with Gasteiger partial charge in [-0.1, -0.05) is 42.5 Å². The van der Waals surface area contributed by atoms with Crippen molar-refractivity contribution in [3.05, 3.63) is 59.2 Å². The minimum Gasteiger partial charge on any atom is -0.316 e. The number of benzene rings is 2. The lowest BCUT2D eigenvalue weighted by atomic mass is 9.86. The van der Waals surface area contributed by atoms with Gasteiger partial charge in [0, 0.05) is 0 Å². The van der Waals surface area contributed by atoms with Gasteiger partial charge in [-0.15, -0.1) is 0 Å². The highest BCUT2D eigenvalue weighted by molar-refractivity contribution is 6.13. The minimum atomic E-state index is -1.06. The molecule has 1 saturated heterocycles. The number of carbonyl (C=O) groups excluding carboxylic acids is 2. The SMILES string of the molecule is O=C1NC(=O)[C@@]2(N1)c1ccccc1-c1ccc(C3CC3)cc12. The van der Waals surface area contributed by atoms with E-state index in [2.05, 4.69) is 28.8 Å². The first-order valence-corrected chi connectivity index (χ1v) is 7.58. The second-order valence-corrected chi connectivity index (χ2v) is 6.28. The number of urea groups is 1. The maximum Gasteiger partial charge on any atom is 0.322 e. The van der Waals surface area contributed by atoms with Crippen LogP contribution in [-0.4, -0.2) is 11.9 Å². The molecule has 2 aromatic rings. The van der Waals surface area contributed by atoms with E-state index in [1.54, 1.807) is 0 Å². The fourth-order valence-electron chi connectivity index (χ4n) is 3.80. The molecule has 2 fully saturated rings. The summed E-state index contributed by atoms with van der Waals surface area (Å²) < 4.78 is 0. The largest absolute Gasteiger partial charge is 0.322 e. The average molecular weight is 290 g/mol. The van der Waals surface area contributed by atoms with E-state index in [0.29, 0.717) is 5.92 Å². The molecule has 0 radical (unpaired) electrons. The molecule has 0 unspecified atom stereocenters. The van der Waals surface area contributed by atoms with Crippen LogP contribution in [0, 0.1) is 0 Å². The molecular weight excluding hydrogens is 276 g/mol. The molecule has 2 aliphatic carbocycles. The van der Waals surface area contributed by atoms with Crippen LogP contribution in [0.4, 0.5) is 4.79 Å². The first-order chi connectivity index (χ1) is 10.7. The van der Waals surface area contributed by atoms with Gasteiger partial charge in [0.2, 0.25) is 0 Å². The molecule has 3 aliphatic rings. The molecule has 1 atom stereocenters. The fourth-order valence-corrected chi connectivity index (χ4v) is 3.80. The normalized spacial score (nSPS) is 24.9. The number of rotatable bonds is 1. The summed E-state index contributed by atoms with van der Waals surface area (Å²) in [5.41, 5.74) is 4.03. The summed E-state index contributed by atoms with van der Waals surface area (Å²) in [7, 11) is 0. The van der Waals surface area contributed by atoms with Crippen molar-refractivity contribution in [2.24, 2.45) is 0 Å². The molecule has 0 bridgehead atoms. The molecule has 22 heavy (non-hydrogen) atoms. The minimum absolute atomic E-state index is 0.281. The van der Waals surface area contributed by atoms with Gasteiger partial charge in [0.25, 0.3) is 5.91 Å². The lowest BCUT2D eigenvalue weighted by molar-refractivity contribution is -0.122. The molecule has 1 saturated carbocycles. The van der Waals surface area contributed by atoms with E-state index < -0.39 is 11.6 Å². The van der Waals surface area contributed by atoms with E-state index in [4.69, 9.17) is 0 Å². The zero-order valence-electron chi connectivity index (χ0n) is 11.8.